The predicted molar refractivity (Wildman–Crippen MR) is 81.4 cm³/mol. The quantitative estimate of drug-likeness (QED) is 0.574. The number of nitrogens with one attached hydrogen (secondary N) is 2. The first-order chi connectivity index (χ1) is 10.0. The molecular formula is C14H26N2O4S. The number of aliphatic hydroxyl groups is 1. The second kappa shape index (κ2) is 9.19. The highest BCUT2D eigenvalue weighted by Gasteiger charge is 2.20. The van der Waals surface area contributed by atoms with Gasteiger partial charge in [0.2, 0.25) is 5.09 Å². The van der Waals surface area contributed by atoms with Gasteiger partial charge in [-0.25, -0.2) is 13.1 Å². The Labute approximate surface area is 127 Å². The van der Waals surface area contributed by atoms with Crippen LogP contribution in [0.3, 0.4) is 0 Å². The first-order valence-corrected chi connectivity index (χ1v) is 8.91. The summed E-state index contributed by atoms with van der Waals surface area (Å²) >= 11 is 0. The van der Waals surface area contributed by atoms with E-state index in [0.29, 0.717) is 25.3 Å². The van der Waals surface area contributed by atoms with Crippen molar-refractivity contribution in [2.75, 3.05) is 19.7 Å². The molecule has 0 aromatic carbocycles. The van der Waals surface area contributed by atoms with Crippen molar-refractivity contribution in [1.82, 2.24) is 10.0 Å². The van der Waals surface area contributed by atoms with Gasteiger partial charge in [-0.05, 0) is 37.4 Å². The summed E-state index contributed by atoms with van der Waals surface area (Å²) in [5.41, 5.74) is 0. The first kappa shape index (κ1) is 18.2. The van der Waals surface area contributed by atoms with Crippen LogP contribution in [0.15, 0.2) is 21.6 Å². The molecular weight excluding hydrogens is 292 g/mol. The fourth-order valence-corrected chi connectivity index (χ4v) is 3.15. The average Bonchev–Trinajstić information content (AvgIpc) is 2.93. The van der Waals surface area contributed by atoms with Crippen LogP contribution in [0.25, 0.3) is 0 Å². The lowest BCUT2D eigenvalue weighted by atomic mass is 10.0. The number of sulfonamides is 1. The highest BCUT2D eigenvalue weighted by molar-refractivity contribution is 7.89. The second-order valence-electron chi connectivity index (χ2n) is 5.02. The van der Waals surface area contributed by atoms with Gasteiger partial charge in [-0.1, -0.05) is 20.3 Å². The number of rotatable bonds is 11. The molecule has 21 heavy (non-hydrogen) atoms. The van der Waals surface area contributed by atoms with Crippen molar-refractivity contribution in [3.8, 4) is 0 Å². The lowest BCUT2D eigenvalue weighted by Gasteiger charge is -2.15. The molecule has 0 amide bonds. The van der Waals surface area contributed by atoms with Gasteiger partial charge in [-0.15, -0.1) is 0 Å². The average molecular weight is 318 g/mol. The predicted octanol–water partition coefficient (Wildman–Crippen LogP) is 1.47. The van der Waals surface area contributed by atoms with E-state index in [1.165, 1.54) is 6.07 Å². The molecule has 1 atom stereocenters. The van der Waals surface area contributed by atoms with E-state index in [9.17, 15) is 8.42 Å². The Morgan fingerprint density at radius 1 is 1.29 bits per heavy atom. The maximum Gasteiger partial charge on any atom is 0.273 e. The maximum atomic E-state index is 12.1. The van der Waals surface area contributed by atoms with E-state index in [0.717, 1.165) is 19.4 Å². The van der Waals surface area contributed by atoms with Crippen LogP contribution in [0.4, 0.5) is 0 Å². The third kappa shape index (κ3) is 6.17. The Morgan fingerprint density at radius 3 is 2.67 bits per heavy atom. The smallest absolute Gasteiger partial charge is 0.273 e. The highest BCUT2D eigenvalue weighted by Crippen LogP contribution is 2.15. The standard InChI is InChI=1S/C14H26N2O4S/c1-3-5-12(8-9-17)10-16-21(18,19)14-7-6-13(20-14)11-15-4-2/h6-7,12,15-17H,3-5,8-11H2,1-2H3. The summed E-state index contributed by atoms with van der Waals surface area (Å²) in [6, 6.07) is 3.13. The van der Waals surface area contributed by atoms with Gasteiger partial charge in [-0.2, -0.15) is 0 Å². The Balaban J connectivity index is 2.61. The largest absolute Gasteiger partial charge is 0.447 e. The van der Waals surface area contributed by atoms with E-state index in [2.05, 4.69) is 10.0 Å². The van der Waals surface area contributed by atoms with E-state index in [-0.39, 0.29) is 17.6 Å². The first-order valence-electron chi connectivity index (χ1n) is 7.43. The van der Waals surface area contributed by atoms with Crippen LogP contribution in [0, 0.1) is 5.92 Å². The molecule has 0 fully saturated rings. The van der Waals surface area contributed by atoms with Crippen molar-refractivity contribution in [2.45, 2.75) is 44.7 Å². The molecule has 0 aliphatic heterocycles. The SMILES string of the molecule is CCCC(CCO)CNS(=O)(=O)c1ccc(CNCC)o1. The molecule has 122 valence electrons. The third-order valence-electron chi connectivity index (χ3n) is 3.25. The van der Waals surface area contributed by atoms with Crippen molar-refractivity contribution in [1.29, 1.82) is 0 Å². The molecule has 0 bridgehead atoms. The Kier molecular flexibility index (Phi) is 7.95. The number of hydrogen-bond donors (Lipinski definition) is 3. The molecule has 1 unspecified atom stereocenters. The zero-order valence-corrected chi connectivity index (χ0v) is 13.6. The Bertz CT molecular complexity index is 493. The number of aliphatic hydroxyl groups excluding tert-OH is 1. The van der Waals surface area contributed by atoms with Crippen molar-refractivity contribution < 1.29 is 17.9 Å². The van der Waals surface area contributed by atoms with E-state index < -0.39 is 10.0 Å². The Morgan fingerprint density at radius 2 is 2.05 bits per heavy atom. The molecule has 0 saturated heterocycles. The molecule has 6 nitrogen and oxygen atoms in total. The zero-order valence-electron chi connectivity index (χ0n) is 12.8. The van der Waals surface area contributed by atoms with Gasteiger partial charge in [0.1, 0.15) is 5.76 Å². The van der Waals surface area contributed by atoms with Gasteiger partial charge in [0, 0.05) is 13.2 Å². The molecule has 0 spiro atoms. The topological polar surface area (TPSA) is 91.6 Å². The second-order valence-corrected chi connectivity index (χ2v) is 6.72. The minimum absolute atomic E-state index is 0.0605. The van der Waals surface area contributed by atoms with Gasteiger partial charge in [0.25, 0.3) is 10.0 Å². The molecule has 0 aliphatic carbocycles. The van der Waals surface area contributed by atoms with Gasteiger partial charge in [-0.3, -0.25) is 0 Å². The van der Waals surface area contributed by atoms with Crippen LogP contribution in [0.1, 0.15) is 38.9 Å². The van der Waals surface area contributed by atoms with Crippen LogP contribution in [0.5, 0.6) is 0 Å². The van der Waals surface area contributed by atoms with Gasteiger partial charge in [0.15, 0.2) is 0 Å². The van der Waals surface area contributed by atoms with Crippen LogP contribution < -0.4 is 10.0 Å². The molecule has 7 heteroatoms. The highest BCUT2D eigenvalue weighted by atomic mass is 32.2. The van der Waals surface area contributed by atoms with Crippen LogP contribution >= 0.6 is 0 Å². The van der Waals surface area contributed by atoms with E-state index in [1.54, 1.807) is 6.07 Å². The van der Waals surface area contributed by atoms with E-state index in [4.69, 9.17) is 9.52 Å². The minimum Gasteiger partial charge on any atom is -0.447 e. The van der Waals surface area contributed by atoms with Crippen molar-refractivity contribution >= 4 is 10.0 Å². The molecule has 1 aromatic rings. The fourth-order valence-electron chi connectivity index (χ4n) is 2.08. The number of hydrogen-bond acceptors (Lipinski definition) is 5. The van der Waals surface area contributed by atoms with Crippen molar-refractivity contribution in [2.24, 2.45) is 5.92 Å². The molecule has 1 rings (SSSR count). The molecule has 3 N–H and O–H groups in total. The summed E-state index contributed by atoms with van der Waals surface area (Å²) in [5, 5.41) is 12.0. The zero-order chi connectivity index (χ0) is 15.7. The molecule has 0 aliphatic rings. The van der Waals surface area contributed by atoms with E-state index >= 15 is 0 Å². The van der Waals surface area contributed by atoms with Crippen molar-refractivity contribution in [3.63, 3.8) is 0 Å². The summed E-state index contributed by atoms with van der Waals surface area (Å²) < 4.78 is 32.2. The van der Waals surface area contributed by atoms with Gasteiger partial charge in [0.05, 0.1) is 6.54 Å². The lowest BCUT2D eigenvalue weighted by Crippen LogP contribution is -2.29. The number of furan rings is 1. The maximum absolute atomic E-state index is 12.1. The lowest BCUT2D eigenvalue weighted by molar-refractivity contribution is 0.251. The van der Waals surface area contributed by atoms with Crippen LogP contribution in [-0.2, 0) is 16.6 Å². The normalized spacial score (nSPS) is 13.5. The summed E-state index contributed by atoms with van der Waals surface area (Å²) in [6.45, 7) is 5.70. The third-order valence-corrected chi connectivity index (χ3v) is 4.54. The van der Waals surface area contributed by atoms with E-state index in [1.807, 2.05) is 13.8 Å². The van der Waals surface area contributed by atoms with Crippen molar-refractivity contribution in [3.05, 3.63) is 17.9 Å². The monoisotopic (exact) mass is 318 g/mol. The Hall–Kier alpha value is -0.890. The summed E-state index contributed by atoms with van der Waals surface area (Å²) in [4.78, 5) is 0. The van der Waals surface area contributed by atoms with Gasteiger partial charge >= 0.3 is 0 Å². The van der Waals surface area contributed by atoms with Crippen LogP contribution in [0.2, 0.25) is 0 Å². The fraction of sp³-hybridized carbons (Fsp3) is 0.714. The summed E-state index contributed by atoms with van der Waals surface area (Å²) in [5.74, 6) is 0.739. The summed E-state index contributed by atoms with van der Waals surface area (Å²) in [7, 11) is -3.62. The molecule has 1 aromatic heterocycles. The minimum atomic E-state index is -3.62. The van der Waals surface area contributed by atoms with Gasteiger partial charge < -0.3 is 14.8 Å². The molecule has 1 heterocycles. The van der Waals surface area contributed by atoms with Crippen LogP contribution in [-0.4, -0.2) is 33.2 Å². The summed E-state index contributed by atoms with van der Waals surface area (Å²) in [6.07, 6.45) is 2.44. The molecule has 0 radical (unpaired) electrons. The molecule has 0 saturated carbocycles.